The number of hydrogen-bond acceptors (Lipinski definition) is 5. The van der Waals surface area contributed by atoms with Crippen LogP contribution in [0.15, 0.2) is 185 Å². The number of aryl methyl sites for hydroxylation is 2. The Balaban J connectivity index is 1.02. The zero-order valence-electron chi connectivity index (χ0n) is 31.9. The van der Waals surface area contributed by atoms with Gasteiger partial charge < -0.3 is 8.83 Å². The van der Waals surface area contributed by atoms with Crippen LogP contribution in [-0.4, -0.2) is 15.0 Å². The molecule has 3 heterocycles. The summed E-state index contributed by atoms with van der Waals surface area (Å²) >= 11 is 0. The molecule has 0 spiro atoms. The predicted octanol–water partition coefficient (Wildman–Crippen LogP) is 14.3. The molecule has 0 aliphatic rings. The van der Waals surface area contributed by atoms with Crippen molar-refractivity contribution in [3.05, 3.63) is 187 Å². The Labute approximate surface area is 334 Å². The minimum atomic E-state index is 0.597. The van der Waals surface area contributed by atoms with Crippen molar-refractivity contribution in [3.8, 4) is 67.5 Å². The Kier molecular flexibility index (Phi) is 7.86. The summed E-state index contributed by atoms with van der Waals surface area (Å²) in [6.45, 7) is 4.38. The molecule has 0 saturated heterocycles. The molecule has 0 radical (unpaired) electrons. The number of benzene rings is 8. The standard InChI is InChI=1S/C53H35N3O2/c1-32-20-22-36(38-24-26-47-44(30-38)40-16-9-10-18-46(40)57-47)28-42(32)43-29-37(23-21-33(43)2)39-25-27-48-45(31-39)50-41(17-11-19-49(50)58-48)53-55-51(34-12-5-3-6-13-34)54-52(56-53)35-14-7-4-8-15-35/h3-31H,1-2H3. The number of para-hydroxylation sites is 1. The number of nitrogens with zero attached hydrogens (tertiary/aromatic N) is 3. The lowest BCUT2D eigenvalue weighted by Crippen LogP contribution is -2.00. The molecule has 0 fully saturated rings. The van der Waals surface area contributed by atoms with E-state index >= 15 is 0 Å². The summed E-state index contributed by atoms with van der Waals surface area (Å²) in [5, 5.41) is 4.24. The van der Waals surface area contributed by atoms with Gasteiger partial charge in [0.1, 0.15) is 22.3 Å². The molecule has 0 unspecified atom stereocenters. The molecule has 5 heteroatoms. The smallest absolute Gasteiger partial charge is 0.164 e. The van der Waals surface area contributed by atoms with E-state index in [0.717, 1.165) is 77.3 Å². The maximum atomic E-state index is 6.49. The van der Waals surface area contributed by atoms with Gasteiger partial charge in [0.2, 0.25) is 0 Å². The maximum absolute atomic E-state index is 6.49. The van der Waals surface area contributed by atoms with Crippen LogP contribution < -0.4 is 0 Å². The third-order valence-electron chi connectivity index (χ3n) is 11.2. The maximum Gasteiger partial charge on any atom is 0.164 e. The molecule has 8 aromatic carbocycles. The van der Waals surface area contributed by atoms with E-state index in [0.29, 0.717) is 17.5 Å². The van der Waals surface area contributed by atoms with Crippen molar-refractivity contribution in [2.45, 2.75) is 13.8 Å². The van der Waals surface area contributed by atoms with Gasteiger partial charge in [-0.3, -0.25) is 0 Å². The second-order valence-electron chi connectivity index (χ2n) is 14.9. The molecule has 0 amide bonds. The largest absolute Gasteiger partial charge is 0.456 e. The van der Waals surface area contributed by atoms with Crippen molar-refractivity contribution in [3.63, 3.8) is 0 Å². The average Bonchev–Trinajstić information content (AvgIpc) is 3.85. The lowest BCUT2D eigenvalue weighted by atomic mass is 9.90. The number of hydrogen-bond donors (Lipinski definition) is 0. The van der Waals surface area contributed by atoms with Crippen molar-refractivity contribution >= 4 is 43.9 Å². The molecule has 11 rings (SSSR count). The van der Waals surface area contributed by atoms with Gasteiger partial charge in [-0.2, -0.15) is 0 Å². The predicted molar refractivity (Wildman–Crippen MR) is 236 cm³/mol. The highest BCUT2D eigenvalue weighted by Crippen LogP contribution is 2.40. The third-order valence-corrected chi connectivity index (χ3v) is 11.2. The van der Waals surface area contributed by atoms with Crippen molar-refractivity contribution in [1.82, 2.24) is 15.0 Å². The van der Waals surface area contributed by atoms with Crippen molar-refractivity contribution in [1.29, 1.82) is 0 Å². The van der Waals surface area contributed by atoms with E-state index in [4.69, 9.17) is 23.8 Å². The molecule has 0 saturated carbocycles. The topological polar surface area (TPSA) is 65.0 Å². The molecular formula is C53H35N3O2. The summed E-state index contributed by atoms with van der Waals surface area (Å²) in [5.74, 6) is 1.84. The van der Waals surface area contributed by atoms with Crippen LogP contribution >= 0.6 is 0 Å². The van der Waals surface area contributed by atoms with E-state index in [9.17, 15) is 0 Å². The lowest BCUT2D eigenvalue weighted by molar-refractivity contribution is 0.668. The Hall–Kier alpha value is -7.63. The highest BCUT2D eigenvalue weighted by Gasteiger charge is 2.19. The van der Waals surface area contributed by atoms with Crippen molar-refractivity contribution in [2.75, 3.05) is 0 Å². The normalized spacial score (nSPS) is 11.6. The number of aromatic nitrogens is 3. The fraction of sp³-hybridized carbons (Fsp3) is 0.0377. The van der Waals surface area contributed by atoms with Crippen LogP contribution in [-0.2, 0) is 0 Å². The summed E-state index contributed by atoms with van der Waals surface area (Å²) in [5.41, 5.74) is 15.6. The van der Waals surface area contributed by atoms with Crippen LogP contribution in [0.5, 0.6) is 0 Å². The molecule has 11 aromatic rings. The van der Waals surface area contributed by atoms with Gasteiger partial charge in [0.25, 0.3) is 0 Å². The first-order valence-electron chi connectivity index (χ1n) is 19.5. The molecular weight excluding hydrogens is 711 g/mol. The van der Waals surface area contributed by atoms with E-state index < -0.39 is 0 Å². The Morgan fingerprint density at radius 2 is 0.776 bits per heavy atom. The van der Waals surface area contributed by atoms with Gasteiger partial charge in [-0.15, -0.1) is 0 Å². The van der Waals surface area contributed by atoms with Crippen LogP contribution in [0.2, 0.25) is 0 Å². The number of rotatable bonds is 6. The SMILES string of the molecule is Cc1ccc(-c2ccc3oc4ccccc4c3c2)cc1-c1cc(-c2ccc3oc4cccc(-c5nc(-c6ccccc6)nc(-c6ccccc6)n5)c4c3c2)ccc1C. The third kappa shape index (κ3) is 5.75. The molecule has 58 heavy (non-hydrogen) atoms. The molecule has 0 bridgehead atoms. The molecule has 0 aliphatic heterocycles. The van der Waals surface area contributed by atoms with Crippen LogP contribution in [0.25, 0.3) is 111 Å². The van der Waals surface area contributed by atoms with E-state index in [1.807, 2.05) is 84.9 Å². The summed E-state index contributed by atoms with van der Waals surface area (Å²) in [7, 11) is 0. The number of furan rings is 2. The first-order chi connectivity index (χ1) is 28.5. The van der Waals surface area contributed by atoms with Crippen molar-refractivity contribution < 1.29 is 8.83 Å². The Morgan fingerprint density at radius 1 is 0.310 bits per heavy atom. The summed E-state index contributed by atoms with van der Waals surface area (Å²) < 4.78 is 12.6. The molecule has 0 aliphatic carbocycles. The van der Waals surface area contributed by atoms with Crippen LogP contribution in [0.4, 0.5) is 0 Å². The fourth-order valence-electron chi connectivity index (χ4n) is 8.21. The first kappa shape index (κ1) is 33.7. The molecule has 274 valence electrons. The summed E-state index contributed by atoms with van der Waals surface area (Å²) in [6.07, 6.45) is 0. The van der Waals surface area contributed by atoms with Gasteiger partial charge >= 0.3 is 0 Å². The van der Waals surface area contributed by atoms with E-state index in [1.54, 1.807) is 0 Å². The summed E-state index contributed by atoms with van der Waals surface area (Å²) in [6, 6.07) is 61.0. The average molecular weight is 746 g/mol. The minimum Gasteiger partial charge on any atom is -0.456 e. The minimum absolute atomic E-state index is 0.597. The van der Waals surface area contributed by atoms with Crippen LogP contribution in [0.3, 0.4) is 0 Å². The Morgan fingerprint density at radius 3 is 1.41 bits per heavy atom. The lowest BCUT2D eigenvalue weighted by Gasteiger charge is -2.14. The van der Waals surface area contributed by atoms with Gasteiger partial charge in [0.15, 0.2) is 17.5 Å². The second kappa shape index (κ2) is 13.5. The highest BCUT2D eigenvalue weighted by atomic mass is 16.3. The summed E-state index contributed by atoms with van der Waals surface area (Å²) in [4.78, 5) is 15.1. The molecule has 3 aromatic heterocycles. The molecule has 0 atom stereocenters. The quantitative estimate of drug-likeness (QED) is 0.170. The van der Waals surface area contributed by atoms with Gasteiger partial charge in [-0.05, 0) is 107 Å². The van der Waals surface area contributed by atoms with Crippen molar-refractivity contribution in [2.24, 2.45) is 0 Å². The zero-order valence-corrected chi connectivity index (χ0v) is 31.9. The van der Waals surface area contributed by atoms with Gasteiger partial charge in [-0.1, -0.05) is 127 Å². The second-order valence-corrected chi connectivity index (χ2v) is 14.9. The van der Waals surface area contributed by atoms with Gasteiger partial charge in [-0.25, -0.2) is 15.0 Å². The zero-order chi connectivity index (χ0) is 38.7. The van der Waals surface area contributed by atoms with Crippen LogP contribution in [0, 0.1) is 13.8 Å². The van der Waals surface area contributed by atoms with E-state index in [-0.39, 0.29) is 0 Å². The fourth-order valence-corrected chi connectivity index (χ4v) is 8.21. The van der Waals surface area contributed by atoms with Gasteiger partial charge in [0.05, 0.1) is 0 Å². The highest BCUT2D eigenvalue weighted by molar-refractivity contribution is 6.13. The monoisotopic (exact) mass is 745 g/mol. The molecule has 0 N–H and O–H groups in total. The van der Waals surface area contributed by atoms with E-state index in [2.05, 4.69) is 105 Å². The Bertz CT molecular complexity index is 3300. The first-order valence-corrected chi connectivity index (χ1v) is 19.5. The van der Waals surface area contributed by atoms with Gasteiger partial charge in [0, 0.05) is 38.2 Å². The molecule has 5 nitrogen and oxygen atoms in total. The van der Waals surface area contributed by atoms with E-state index in [1.165, 1.54) is 27.8 Å². The van der Waals surface area contributed by atoms with Crippen LogP contribution in [0.1, 0.15) is 11.1 Å². The number of fused-ring (bicyclic) bond motifs is 6.